The van der Waals surface area contributed by atoms with Crippen LogP contribution in [0.15, 0.2) is 108 Å². The Morgan fingerprint density at radius 3 is 2.07 bits per heavy atom. The van der Waals surface area contributed by atoms with Crippen LogP contribution in [0.2, 0.25) is 15.1 Å². The number of likely N-dealkylation sites (N-methyl/N-ethyl adjacent to an activating group) is 1. The first-order valence-electron chi connectivity index (χ1n) is 12.9. The van der Waals surface area contributed by atoms with Gasteiger partial charge in [-0.15, -0.1) is 0 Å². The lowest BCUT2D eigenvalue weighted by Crippen LogP contribution is -2.53. The Hall–Kier alpha value is -3.56. The predicted octanol–water partition coefficient (Wildman–Crippen LogP) is 6.23. The molecule has 0 aliphatic carbocycles. The monoisotopic (exact) mass is 643 g/mol. The molecule has 4 aromatic rings. The molecule has 2 amide bonds. The first-order valence-corrected chi connectivity index (χ1v) is 15.5. The highest BCUT2D eigenvalue weighted by Crippen LogP contribution is 2.33. The summed E-state index contributed by atoms with van der Waals surface area (Å²) in [5.74, 6) is -1.06. The fraction of sp³-hybridized carbons (Fsp3) is 0.161. The van der Waals surface area contributed by atoms with Gasteiger partial charge in [-0.05, 0) is 47.5 Å². The standard InChI is InChI=1S/C31H28Cl3N3O4S/c1-35-31(39)29(18-22-10-4-2-5-11-22)36(20-23-12-8-9-15-26(23)33)30(38)21-37(28-19-24(32)16-17-27(28)34)42(40,41)25-13-6-3-7-14-25/h2-17,19,29H,18,20-21H2,1H3,(H,35,39). The smallest absolute Gasteiger partial charge is 0.264 e. The number of halogens is 3. The molecule has 1 atom stereocenters. The van der Waals surface area contributed by atoms with Crippen molar-refractivity contribution in [3.8, 4) is 0 Å². The molecule has 0 radical (unpaired) electrons. The zero-order valence-electron chi connectivity index (χ0n) is 22.6. The van der Waals surface area contributed by atoms with Crippen molar-refractivity contribution in [2.45, 2.75) is 23.9 Å². The first-order chi connectivity index (χ1) is 20.1. The van der Waals surface area contributed by atoms with Gasteiger partial charge in [0.05, 0.1) is 15.6 Å². The number of carbonyl (C=O) groups is 2. The number of sulfonamides is 1. The zero-order valence-corrected chi connectivity index (χ0v) is 25.7. The van der Waals surface area contributed by atoms with Crippen LogP contribution in [0.5, 0.6) is 0 Å². The third-order valence-corrected chi connectivity index (χ3v) is 9.30. The number of nitrogens with zero attached hydrogens (tertiary/aromatic N) is 2. The summed E-state index contributed by atoms with van der Waals surface area (Å²) in [7, 11) is -2.81. The summed E-state index contributed by atoms with van der Waals surface area (Å²) in [4.78, 5) is 28.9. The molecule has 7 nitrogen and oxygen atoms in total. The first kappa shape index (κ1) is 31.4. The van der Waals surface area contributed by atoms with E-state index in [0.717, 1.165) is 9.87 Å². The third-order valence-electron chi connectivity index (χ3n) is 6.60. The lowest BCUT2D eigenvalue weighted by atomic mass is 10.0. The number of amides is 2. The molecule has 42 heavy (non-hydrogen) atoms. The van der Waals surface area contributed by atoms with Gasteiger partial charge in [0.25, 0.3) is 10.0 Å². The zero-order chi connectivity index (χ0) is 30.3. The molecule has 0 fully saturated rings. The van der Waals surface area contributed by atoms with E-state index >= 15 is 0 Å². The number of hydrogen-bond acceptors (Lipinski definition) is 4. The summed E-state index contributed by atoms with van der Waals surface area (Å²) >= 11 is 19.2. The number of nitrogens with one attached hydrogen (secondary N) is 1. The lowest BCUT2D eigenvalue weighted by molar-refractivity contribution is -0.139. The summed E-state index contributed by atoms with van der Waals surface area (Å²) < 4.78 is 28.9. The molecule has 1 unspecified atom stereocenters. The molecular formula is C31H28Cl3N3O4S. The minimum atomic E-state index is -4.30. The van der Waals surface area contributed by atoms with E-state index in [0.29, 0.717) is 10.6 Å². The number of benzene rings is 4. The second-order valence-electron chi connectivity index (χ2n) is 9.35. The second-order valence-corrected chi connectivity index (χ2v) is 12.5. The van der Waals surface area contributed by atoms with Crippen molar-refractivity contribution in [3.05, 3.63) is 129 Å². The van der Waals surface area contributed by atoms with E-state index in [9.17, 15) is 18.0 Å². The number of anilines is 1. The summed E-state index contributed by atoms with van der Waals surface area (Å²) in [5, 5.41) is 3.35. The third kappa shape index (κ3) is 7.44. The van der Waals surface area contributed by atoms with E-state index in [4.69, 9.17) is 34.8 Å². The van der Waals surface area contributed by atoms with Crippen molar-refractivity contribution >= 4 is 62.3 Å². The topological polar surface area (TPSA) is 86.8 Å². The maximum Gasteiger partial charge on any atom is 0.264 e. The van der Waals surface area contributed by atoms with Gasteiger partial charge in [0.2, 0.25) is 11.8 Å². The molecule has 4 aromatic carbocycles. The van der Waals surface area contributed by atoms with Crippen LogP contribution in [0.1, 0.15) is 11.1 Å². The highest BCUT2D eigenvalue weighted by atomic mass is 35.5. The van der Waals surface area contributed by atoms with Crippen LogP contribution in [0.4, 0.5) is 5.69 Å². The summed E-state index contributed by atoms with van der Waals surface area (Å²) in [6.07, 6.45) is 0.181. The van der Waals surface area contributed by atoms with Crippen molar-refractivity contribution in [3.63, 3.8) is 0 Å². The molecule has 11 heteroatoms. The molecule has 0 spiro atoms. The van der Waals surface area contributed by atoms with Gasteiger partial charge < -0.3 is 10.2 Å². The number of rotatable bonds is 11. The molecule has 0 saturated heterocycles. The fourth-order valence-electron chi connectivity index (χ4n) is 4.44. The Labute approximate surface area is 260 Å². The Balaban J connectivity index is 1.82. The quantitative estimate of drug-likeness (QED) is 0.210. The molecule has 4 rings (SSSR count). The minimum Gasteiger partial charge on any atom is -0.357 e. The summed E-state index contributed by atoms with van der Waals surface area (Å²) in [5.41, 5.74) is 1.43. The second kappa shape index (κ2) is 14.1. The van der Waals surface area contributed by atoms with E-state index in [2.05, 4.69) is 5.32 Å². The van der Waals surface area contributed by atoms with Gasteiger partial charge >= 0.3 is 0 Å². The molecular weight excluding hydrogens is 617 g/mol. The Morgan fingerprint density at radius 1 is 0.810 bits per heavy atom. The van der Waals surface area contributed by atoms with Crippen molar-refractivity contribution in [2.75, 3.05) is 17.9 Å². The molecule has 0 aliphatic rings. The lowest BCUT2D eigenvalue weighted by Gasteiger charge is -2.34. The number of carbonyl (C=O) groups excluding carboxylic acids is 2. The van der Waals surface area contributed by atoms with Gasteiger partial charge in [0.15, 0.2) is 0 Å². The van der Waals surface area contributed by atoms with Crippen LogP contribution in [-0.2, 0) is 32.6 Å². The molecule has 0 heterocycles. The van der Waals surface area contributed by atoms with Crippen molar-refractivity contribution in [2.24, 2.45) is 0 Å². The largest absolute Gasteiger partial charge is 0.357 e. The van der Waals surface area contributed by atoms with Gasteiger partial charge in [0.1, 0.15) is 12.6 Å². The molecule has 0 aromatic heterocycles. The average molecular weight is 645 g/mol. The molecule has 218 valence electrons. The van der Waals surface area contributed by atoms with Crippen molar-refractivity contribution < 1.29 is 18.0 Å². The molecule has 0 saturated carbocycles. The van der Waals surface area contributed by atoms with Crippen LogP contribution in [0.25, 0.3) is 0 Å². The average Bonchev–Trinajstić information content (AvgIpc) is 3.00. The summed E-state index contributed by atoms with van der Waals surface area (Å²) in [6.45, 7) is -0.712. The molecule has 0 bridgehead atoms. The van der Waals surface area contributed by atoms with E-state index < -0.39 is 34.4 Å². The summed E-state index contributed by atoms with van der Waals surface area (Å²) in [6, 6.07) is 27.3. The normalized spacial score (nSPS) is 11.9. The minimum absolute atomic E-state index is 0.0265. The molecule has 0 aliphatic heterocycles. The van der Waals surface area contributed by atoms with E-state index in [1.165, 1.54) is 42.3 Å². The number of hydrogen-bond donors (Lipinski definition) is 1. The Bertz CT molecular complexity index is 1650. The molecule has 1 N–H and O–H groups in total. The van der Waals surface area contributed by atoms with Gasteiger partial charge in [-0.2, -0.15) is 0 Å². The maximum atomic E-state index is 14.3. The van der Waals surface area contributed by atoms with Gasteiger partial charge in [-0.1, -0.05) is 102 Å². The van der Waals surface area contributed by atoms with Crippen LogP contribution in [-0.4, -0.2) is 44.8 Å². The van der Waals surface area contributed by atoms with Crippen LogP contribution < -0.4 is 9.62 Å². The van der Waals surface area contributed by atoms with E-state index in [1.807, 2.05) is 30.3 Å². The van der Waals surface area contributed by atoms with Crippen molar-refractivity contribution in [1.29, 1.82) is 0 Å². The van der Waals surface area contributed by atoms with Crippen LogP contribution in [0.3, 0.4) is 0 Å². The van der Waals surface area contributed by atoms with E-state index in [1.54, 1.807) is 42.5 Å². The Kier molecular flexibility index (Phi) is 10.5. The maximum absolute atomic E-state index is 14.3. The van der Waals surface area contributed by atoms with Gasteiger partial charge in [0, 0.05) is 30.1 Å². The van der Waals surface area contributed by atoms with Gasteiger partial charge in [-0.25, -0.2) is 8.42 Å². The fourth-order valence-corrected chi connectivity index (χ4v) is 6.52. The predicted molar refractivity (Wildman–Crippen MR) is 167 cm³/mol. The van der Waals surface area contributed by atoms with Crippen molar-refractivity contribution in [1.82, 2.24) is 10.2 Å². The highest BCUT2D eigenvalue weighted by Gasteiger charge is 2.35. The highest BCUT2D eigenvalue weighted by molar-refractivity contribution is 7.92. The van der Waals surface area contributed by atoms with Crippen LogP contribution in [0, 0.1) is 0 Å². The van der Waals surface area contributed by atoms with Crippen LogP contribution >= 0.6 is 34.8 Å². The SMILES string of the molecule is CNC(=O)C(Cc1ccccc1)N(Cc1ccccc1Cl)C(=O)CN(c1cc(Cl)ccc1Cl)S(=O)(=O)c1ccccc1. The van der Waals surface area contributed by atoms with Gasteiger partial charge in [-0.3, -0.25) is 13.9 Å². The van der Waals surface area contributed by atoms with E-state index in [-0.39, 0.29) is 33.6 Å². The Morgan fingerprint density at radius 2 is 1.43 bits per heavy atom.